The normalized spacial score (nSPS) is 11.3. The van der Waals surface area contributed by atoms with E-state index in [0.29, 0.717) is 33.5 Å². The number of thiazole rings is 1. The topological polar surface area (TPSA) is 91.0 Å². The molecule has 0 atom stereocenters. The van der Waals surface area contributed by atoms with Crippen LogP contribution in [0.3, 0.4) is 0 Å². The van der Waals surface area contributed by atoms with Gasteiger partial charge < -0.3 is 14.6 Å². The maximum absolute atomic E-state index is 5.99. The van der Waals surface area contributed by atoms with Gasteiger partial charge in [-0.05, 0) is 31.2 Å². The van der Waals surface area contributed by atoms with Gasteiger partial charge in [-0.15, -0.1) is 0 Å². The van der Waals surface area contributed by atoms with Gasteiger partial charge >= 0.3 is 0 Å². The van der Waals surface area contributed by atoms with Crippen molar-refractivity contribution in [1.29, 1.82) is 0 Å². The van der Waals surface area contributed by atoms with Gasteiger partial charge in [0.15, 0.2) is 28.2 Å². The van der Waals surface area contributed by atoms with Gasteiger partial charge in [-0.25, -0.2) is 15.0 Å². The Morgan fingerprint density at radius 3 is 2.71 bits per heavy atom. The van der Waals surface area contributed by atoms with Crippen molar-refractivity contribution in [3.8, 4) is 22.4 Å². The van der Waals surface area contributed by atoms with Gasteiger partial charge in [0.2, 0.25) is 0 Å². The highest BCUT2D eigenvalue weighted by atomic mass is 32.1. The Balaban J connectivity index is 1.89. The minimum Gasteiger partial charge on any atom is -0.462 e. The number of nitrogens with zero attached hydrogens (tertiary/aromatic N) is 3. The molecule has 0 unspecified atom stereocenters. The number of fused-ring (bicyclic) bond motifs is 1. The van der Waals surface area contributed by atoms with Crippen LogP contribution in [-0.2, 0) is 0 Å². The summed E-state index contributed by atoms with van der Waals surface area (Å²) in [5, 5.41) is 0.726. The third-order valence-corrected chi connectivity index (χ3v) is 3.94. The van der Waals surface area contributed by atoms with Gasteiger partial charge in [-0.3, -0.25) is 0 Å². The molecule has 7 heteroatoms. The summed E-state index contributed by atoms with van der Waals surface area (Å²) in [6.07, 6.45) is 1.60. The number of furan rings is 2. The van der Waals surface area contributed by atoms with Crippen molar-refractivity contribution in [2.24, 2.45) is 0 Å². The van der Waals surface area contributed by atoms with Crippen LogP contribution in [0.1, 0.15) is 5.76 Å². The number of hydrogen-bond acceptors (Lipinski definition) is 7. The largest absolute Gasteiger partial charge is 0.462 e. The summed E-state index contributed by atoms with van der Waals surface area (Å²) in [5.41, 5.74) is 6.57. The van der Waals surface area contributed by atoms with Crippen LogP contribution in [0.4, 0.5) is 5.82 Å². The maximum atomic E-state index is 5.99. The minimum atomic E-state index is 0.332. The van der Waals surface area contributed by atoms with Crippen LogP contribution < -0.4 is 5.73 Å². The summed E-state index contributed by atoms with van der Waals surface area (Å²) in [6.45, 7) is 1.87. The summed E-state index contributed by atoms with van der Waals surface area (Å²) in [7, 11) is 0. The predicted molar refractivity (Wildman–Crippen MR) is 79.8 cm³/mol. The summed E-state index contributed by atoms with van der Waals surface area (Å²) < 4.78 is 10.9. The van der Waals surface area contributed by atoms with Crippen molar-refractivity contribution in [3.63, 3.8) is 0 Å². The van der Waals surface area contributed by atoms with E-state index in [4.69, 9.17) is 14.6 Å². The van der Waals surface area contributed by atoms with E-state index in [2.05, 4.69) is 15.0 Å². The van der Waals surface area contributed by atoms with E-state index in [1.807, 2.05) is 31.2 Å². The zero-order valence-electron chi connectivity index (χ0n) is 11.0. The van der Waals surface area contributed by atoms with Gasteiger partial charge in [-0.1, -0.05) is 11.3 Å². The highest BCUT2D eigenvalue weighted by Gasteiger charge is 2.16. The molecule has 4 aromatic heterocycles. The van der Waals surface area contributed by atoms with Crippen LogP contribution >= 0.6 is 11.3 Å². The van der Waals surface area contributed by atoms with E-state index in [9.17, 15) is 0 Å². The Bertz CT molecular complexity index is 924. The molecule has 0 saturated heterocycles. The molecule has 0 aliphatic heterocycles. The second kappa shape index (κ2) is 4.42. The Morgan fingerprint density at radius 1 is 1.10 bits per heavy atom. The number of aryl methyl sites for hydroxylation is 1. The lowest BCUT2D eigenvalue weighted by Crippen LogP contribution is -1.96. The van der Waals surface area contributed by atoms with Crippen LogP contribution in [0.5, 0.6) is 0 Å². The van der Waals surface area contributed by atoms with Crippen molar-refractivity contribution < 1.29 is 8.83 Å². The van der Waals surface area contributed by atoms with E-state index in [1.165, 1.54) is 11.3 Å². The van der Waals surface area contributed by atoms with Crippen molar-refractivity contribution in [2.45, 2.75) is 6.92 Å². The molecule has 4 rings (SSSR count). The quantitative estimate of drug-likeness (QED) is 0.609. The first kappa shape index (κ1) is 12.1. The van der Waals surface area contributed by atoms with Crippen molar-refractivity contribution in [3.05, 3.63) is 36.3 Å². The van der Waals surface area contributed by atoms with Crippen LogP contribution in [0.25, 0.3) is 32.7 Å². The molecule has 0 bridgehead atoms. The molecular weight excluding hydrogens is 288 g/mol. The standard InChI is InChI=1S/C14H10N4O2S/c1-7-4-5-8(20-7)12-17-11(15)10-14(18-12)21-13(16-10)9-3-2-6-19-9/h2-6H,1H3,(H2,15,17,18). The van der Waals surface area contributed by atoms with E-state index < -0.39 is 0 Å². The van der Waals surface area contributed by atoms with Gasteiger partial charge in [0.05, 0.1) is 6.26 Å². The predicted octanol–water partition coefficient (Wildman–Crippen LogP) is 3.50. The average Bonchev–Trinajstić information content (AvgIpc) is 3.17. The van der Waals surface area contributed by atoms with E-state index in [0.717, 1.165) is 10.8 Å². The molecule has 4 aromatic rings. The molecule has 0 radical (unpaired) electrons. The highest BCUT2D eigenvalue weighted by Crippen LogP contribution is 2.32. The molecule has 4 heterocycles. The van der Waals surface area contributed by atoms with Crippen LogP contribution in [0.15, 0.2) is 39.4 Å². The first-order valence-electron chi connectivity index (χ1n) is 6.25. The smallest absolute Gasteiger partial charge is 0.199 e. The minimum absolute atomic E-state index is 0.332. The summed E-state index contributed by atoms with van der Waals surface area (Å²) in [5.74, 6) is 2.87. The number of rotatable bonds is 2. The van der Waals surface area contributed by atoms with E-state index in [1.54, 1.807) is 6.26 Å². The maximum Gasteiger partial charge on any atom is 0.199 e. The van der Waals surface area contributed by atoms with Gasteiger partial charge in [0.25, 0.3) is 0 Å². The monoisotopic (exact) mass is 298 g/mol. The zero-order valence-corrected chi connectivity index (χ0v) is 11.8. The molecule has 2 N–H and O–H groups in total. The van der Waals surface area contributed by atoms with E-state index in [-0.39, 0.29) is 0 Å². The summed E-state index contributed by atoms with van der Waals surface area (Å²) >= 11 is 1.41. The lowest BCUT2D eigenvalue weighted by Gasteiger charge is -1.98. The fourth-order valence-corrected chi connectivity index (χ4v) is 2.93. The molecule has 0 amide bonds. The second-order valence-electron chi connectivity index (χ2n) is 4.49. The number of nitrogens with two attached hydrogens (primary N) is 1. The van der Waals surface area contributed by atoms with Crippen LogP contribution in [-0.4, -0.2) is 15.0 Å². The third kappa shape index (κ3) is 1.98. The van der Waals surface area contributed by atoms with Crippen LogP contribution in [0.2, 0.25) is 0 Å². The Morgan fingerprint density at radius 2 is 2.00 bits per heavy atom. The highest BCUT2D eigenvalue weighted by molar-refractivity contribution is 7.21. The van der Waals surface area contributed by atoms with Gasteiger partial charge in [0, 0.05) is 0 Å². The molecule has 0 fully saturated rings. The van der Waals surface area contributed by atoms with E-state index >= 15 is 0 Å². The number of anilines is 1. The van der Waals surface area contributed by atoms with Crippen molar-refractivity contribution in [2.75, 3.05) is 5.73 Å². The fraction of sp³-hybridized carbons (Fsp3) is 0.0714. The first-order chi connectivity index (χ1) is 10.2. The van der Waals surface area contributed by atoms with Gasteiger partial charge in [-0.2, -0.15) is 0 Å². The lowest BCUT2D eigenvalue weighted by molar-refractivity contribution is 0.544. The number of nitrogen functional groups attached to an aromatic ring is 1. The average molecular weight is 298 g/mol. The molecule has 0 aliphatic rings. The summed E-state index contributed by atoms with van der Waals surface area (Å²) in [4.78, 5) is 13.9. The number of hydrogen-bond donors (Lipinski definition) is 1. The first-order valence-corrected chi connectivity index (χ1v) is 7.07. The third-order valence-electron chi connectivity index (χ3n) is 2.98. The fourth-order valence-electron chi connectivity index (χ4n) is 2.01. The zero-order chi connectivity index (χ0) is 14.4. The molecule has 104 valence electrons. The summed E-state index contributed by atoms with van der Waals surface area (Å²) in [6, 6.07) is 7.34. The molecule has 0 aromatic carbocycles. The number of aromatic nitrogens is 3. The Hall–Kier alpha value is -2.67. The van der Waals surface area contributed by atoms with Crippen molar-refractivity contribution in [1.82, 2.24) is 15.0 Å². The molecule has 6 nitrogen and oxygen atoms in total. The SMILES string of the molecule is Cc1ccc(-c2nc(N)c3nc(-c4ccco4)sc3n2)o1. The second-order valence-corrected chi connectivity index (χ2v) is 5.47. The van der Waals surface area contributed by atoms with Crippen LogP contribution in [0, 0.1) is 6.92 Å². The molecule has 21 heavy (non-hydrogen) atoms. The molecule has 0 aliphatic carbocycles. The molecule has 0 spiro atoms. The van der Waals surface area contributed by atoms with Crippen molar-refractivity contribution >= 4 is 27.5 Å². The molecule has 0 saturated carbocycles. The lowest BCUT2D eigenvalue weighted by atomic mass is 10.4. The Labute approximate surface area is 123 Å². The van der Waals surface area contributed by atoms with Gasteiger partial charge in [0.1, 0.15) is 16.1 Å². The Kier molecular flexibility index (Phi) is 2.55. The molecular formula is C14H10N4O2S.